The van der Waals surface area contributed by atoms with Gasteiger partial charge in [-0.3, -0.25) is 4.79 Å². The fourth-order valence-electron chi connectivity index (χ4n) is 2.90. The first kappa shape index (κ1) is 20.5. The Morgan fingerprint density at radius 1 is 1.23 bits per heavy atom. The summed E-state index contributed by atoms with van der Waals surface area (Å²) in [5.41, 5.74) is 1.85. The van der Waals surface area contributed by atoms with Crippen LogP contribution in [0.4, 0.5) is 0 Å². The summed E-state index contributed by atoms with van der Waals surface area (Å²) >= 11 is 6.10. The standard InChI is InChI=1S/C21H29ClN2O2/c1-21(2,3)20(25)24(12-7-13-26-4)16-19-10-6-11-23(19)15-17-8-5-9-18(22)14-17/h5-6,8-11,14H,7,12-13,15-16H2,1-4H3. The van der Waals surface area contributed by atoms with E-state index in [0.717, 1.165) is 29.2 Å². The van der Waals surface area contributed by atoms with Crippen LogP contribution in [-0.2, 0) is 22.6 Å². The Hall–Kier alpha value is -1.78. The van der Waals surface area contributed by atoms with Crippen LogP contribution in [0.2, 0.25) is 5.02 Å². The van der Waals surface area contributed by atoms with E-state index < -0.39 is 5.41 Å². The third kappa shape index (κ3) is 5.89. The van der Waals surface area contributed by atoms with Gasteiger partial charge in [-0.2, -0.15) is 0 Å². The number of hydrogen-bond donors (Lipinski definition) is 0. The summed E-state index contributed by atoms with van der Waals surface area (Å²) in [4.78, 5) is 14.8. The van der Waals surface area contributed by atoms with Gasteiger partial charge in [0, 0.05) is 49.1 Å². The molecule has 1 heterocycles. The van der Waals surface area contributed by atoms with Crippen molar-refractivity contribution in [2.45, 2.75) is 40.3 Å². The molecule has 0 N–H and O–H groups in total. The molecule has 0 unspecified atom stereocenters. The Bertz CT molecular complexity index is 719. The van der Waals surface area contributed by atoms with Crippen LogP contribution in [0.3, 0.4) is 0 Å². The second kappa shape index (κ2) is 9.24. The summed E-state index contributed by atoms with van der Waals surface area (Å²) in [6.07, 6.45) is 2.87. The van der Waals surface area contributed by atoms with E-state index in [1.54, 1.807) is 7.11 Å². The van der Waals surface area contributed by atoms with Crippen LogP contribution < -0.4 is 0 Å². The molecule has 1 aromatic heterocycles. The van der Waals surface area contributed by atoms with Crippen LogP contribution in [0.15, 0.2) is 42.6 Å². The molecule has 0 aliphatic heterocycles. The van der Waals surface area contributed by atoms with Gasteiger partial charge < -0.3 is 14.2 Å². The van der Waals surface area contributed by atoms with Gasteiger partial charge in [-0.05, 0) is 36.2 Å². The first-order valence-electron chi connectivity index (χ1n) is 8.98. The lowest BCUT2D eigenvalue weighted by Gasteiger charge is -2.30. The first-order valence-corrected chi connectivity index (χ1v) is 9.36. The van der Waals surface area contributed by atoms with Crippen molar-refractivity contribution < 1.29 is 9.53 Å². The number of rotatable bonds is 8. The first-order chi connectivity index (χ1) is 12.3. The highest BCUT2D eigenvalue weighted by Gasteiger charge is 2.27. The van der Waals surface area contributed by atoms with Crippen LogP contribution in [0.5, 0.6) is 0 Å². The Morgan fingerprint density at radius 3 is 2.65 bits per heavy atom. The molecule has 0 saturated heterocycles. The van der Waals surface area contributed by atoms with Crippen molar-refractivity contribution in [2.75, 3.05) is 20.3 Å². The molecule has 26 heavy (non-hydrogen) atoms. The lowest BCUT2D eigenvalue weighted by molar-refractivity contribution is -0.140. The molecule has 5 heteroatoms. The number of hydrogen-bond acceptors (Lipinski definition) is 2. The molecule has 0 radical (unpaired) electrons. The monoisotopic (exact) mass is 376 g/mol. The van der Waals surface area contributed by atoms with Crippen molar-refractivity contribution in [3.05, 3.63) is 58.9 Å². The Kier molecular flexibility index (Phi) is 7.30. The average molecular weight is 377 g/mol. The number of amides is 1. The highest BCUT2D eigenvalue weighted by atomic mass is 35.5. The smallest absolute Gasteiger partial charge is 0.228 e. The molecular formula is C21H29ClN2O2. The number of ether oxygens (including phenoxy) is 1. The molecule has 0 aliphatic carbocycles. The summed E-state index contributed by atoms with van der Waals surface area (Å²) in [6.45, 7) is 8.55. The summed E-state index contributed by atoms with van der Waals surface area (Å²) in [5, 5.41) is 0.736. The normalized spacial score (nSPS) is 11.6. The van der Waals surface area contributed by atoms with Gasteiger partial charge >= 0.3 is 0 Å². The van der Waals surface area contributed by atoms with E-state index in [0.29, 0.717) is 19.7 Å². The van der Waals surface area contributed by atoms with E-state index >= 15 is 0 Å². The van der Waals surface area contributed by atoms with Gasteiger partial charge in [-0.25, -0.2) is 0 Å². The number of methoxy groups -OCH3 is 1. The van der Waals surface area contributed by atoms with E-state index in [4.69, 9.17) is 16.3 Å². The molecule has 0 atom stereocenters. The molecule has 0 aliphatic rings. The van der Waals surface area contributed by atoms with Crippen molar-refractivity contribution in [3.8, 4) is 0 Å². The average Bonchev–Trinajstić information content (AvgIpc) is 2.99. The minimum atomic E-state index is -0.405. The van der Waals surface area contributed by atoms with Gasteiger partial charge in [-0.15, -0.1) is 0 Å². The van der Waals surface area contributed by atoms with Crippen LogP contribution in [-0.4, -0.2) is 35.6 Å². The molecule has 4 nitrogen and oxygen atoms in total. The van der Waals surface area contributed by atoms with Crippen LogP contribution in [0.1, 0.15) is 38.4 Å². The number of halogens is 1. The second-order valence-electron chi connectivity index (χ2n) is 7.58. The van der Waals surface area contributed by atoms with E-state index in [1.165, 1.54) is 0 Å². The largest absolute Gasteiger partial charge is 0.385 e. The Labute approximate surface area is 161 Å². The van der Waals surface area contributed by atoms with Crippen molar-refractivity contribution in [3.63, 3.8) is 0 Å². The highest BCUT2D eigenvalue weighted by molar-refractivity contribution is 6.30. The number of aromatic nitrogens is 1. The van der Waals surface area contributed by atoms with Gasteiger partial charge in [0.1, 0.15) is 0 Å². The number of benzene rings is 1. The van der Waals surface area contributed by atoms with Gasteiger partial charge in [-0.1, -0.05) is 44.5 Å². The zero-order valence-corrected chi connectivity index (χ0v) is 16.9. The minimum absolute atomic E-state index is 0.157. The summed E-state index contributed by atoms with van der Waals surface area (Å²) in [6, 6.07) is 12.0. The Balaban J connectivity index is 2.15. The van der Waals surface area contributed by atoms with E-state index in [2.05, 4.69) is 16.7 Å². The van der Waals surface area contributed by atoms with Gasteiger partial charge in [0.2, 0.25) is 5.91 Å². The topological polar surface area (TPSA) is 34.5 Å². The number of carbonyl (C=O) groups is 1. The van der Waals surface area contributed by atoms with E-state index in [9.17, 15) is 4.79 Å². The van der Waals surface area contributed by atoms with Crippen LogP contribution >= 0.6 is 11.6 Å². The molecule has 1 aromatic carbocycles. The summed E-state index contributed by atoms with van der Waals surface area (Å²) in [5.74, 6) is 0.157. The SMILES string of the molecule is COCCCN(Cc1cccn1Cc1cccc(Cl)c1)C(=O)C(C)(C)C. The predicted molar refractivity (Wildman–Crippen MR) is 106 cm³/mol. The maximum atomic E-state index is 12.9. The molecule has 0 spiro atoms. The fourth-order valence-corrected chi connectivity index (χ4v) is 3.11. The molecule has 142 valence electrons. The van der Waals surface area contributed by atoms with Crippen molar-refractivity contribution in [2.24, 2.45) is 5.41 Å². The molecular weight excluding hydrogens is 348 g/mol. The maximum absolute atomic E-state index is 12.9. The lowest BCUT2D eigenvalue weighted by atomic mass is 9.94. The molecule has 2 rings (SSSR count). The lowest BCUT2D eigenvalue weighted by Crippen LogP contribution is -2.40. The highest BCUT2D eigenvalue weighted by Crippen LogP contribution is 2.20. The van der Waals surface area contributed by atoms with Gasteiger partial charge in [0.05, 0.1) is 6.54 Å². The molecule has 0 fully saturated rings. The zero-order chi connectivity index (χ0) is 19.2. The van der Waals surface area contributed by atoms with Gasteiger partial charge in [0.15, 0.2) is 0 Å². The van der Waals surface area contributed by atoms with Crippen molar-refractivity contribution >= 4 is 17.5 Å². The van der Waals surface area contributed by atoms with Crippen molar-refractivity contribution in [1.82, 2.24) is 9.47 Å². The minimum Gasteiger partial charge on any atom is -0.385 e. The van der Waals surface area contributed by atoms with Crippen molar-refractivity contribution in [1.29, 1.82) is 0 Å². The van der Waals surface area contributed by atoms with E-state index in [-0.39, 0.29) is 5.91 Å². The zero-order valence-electron chi connectivity index (χ0n) is 16.2. The predicted octanol–water partition coefficient (Wildman–Crippen LogP) is 4.60. The fraction of sp³-hybridized carbons (Fsp3) is 0.476. The molecule has 0 saturated carbocycles. The number of carbonyl (C=O) groups excluding carboxylic acids is 1. The third-order valence-electron chi connectivity index (χ3n) is 4.22. The molecule has 0 bridgehead atoms. The van der Waals surface area contributed by atoms with E-state index in [1.807, 2.05) is 56.1 Å². The summed E-state index contributed by atoms with van der Waals surface area (Å²) < 4.78 is 7.32. The quantitative estimate of drug-likeness (QED) is 0.631. The second-order valence-corrected chi connectivity index (χ2v) is 8.02. The third-order valence-corrected chi connectivity index (χ3v) is 4.46. The summed E-state index contributed by atoms with van der Waals surface area (Å²) in [7, 11) is 1.69. The number of nitrogens with zero attached hydrogens (tertiary/aromatic N) is 2. The van der Waals surface area contributed by atoms with Crippen LogP contribution in [0, 0.1) is 5.41 Å². The van der Waals surface area contributed by atoms with Gasteiger partial charge in [0.25, 0.3) is 0 Å². The maximum Gasteiger partial charge on any atom is 0.228 e. The molecule has 2 aromatic rings. The molecule has 1 amide bonds. The van der Waals surface area contributed by atoms with Crippen LogP contribution in [0.25, 0.3) is 0 Å². The Morgan fingerprint density at radius 2 is 2.00 bits per heavy atom.